The van der Waals surface area contributed by atoms with E-state index in [0.29, 0.717) is 10.7 Å². The Morgan fingerprint density at radius 2 is 1.27 bits per heavy atom. The largest absolute Gasteiger partial charge is 0.280 e. The Bertz CT molecular complexity index is 1130. The Kier molecular flexibility index (Phi) is 5.04. The molecule has 0 atom stereocenters. The zero-order valence-electron chi connectivity index (χ0n) is 13.3. The normalized spacial score (nSPS) is 11.9. The fraction of sp³-hybridized carbons (Fsp3) is 0. The highest BCUT2D eigenvalue weighted by molar-refractivity contribution is 7.93. The van der Waals surface area contributed by atoms with Crippen LogP contribution < -0.4 is 4.72 Å². The van der Waals surface area contributed by atoms with Crippen molar-refractivity contribution >= 4 is 37.1 Å². The van der Waals surface area contributed by atoms with Crippen molar-refractivity contribution in [2.75, 3.05) is 4.72 Å². The molecule has 0 amide bonds. The number of benzene rings is 3. The Morgan fingerprint density at radius 3 is 1.92 bits per heavy atom. The highest BCUT2D eigenvalue weighted by atomic mass is 35.5. The van der Waals surface area contributed by atoms with Crippen LogP contribution in [-0.2, 0) is 19.9 Å². The van der Waals surface area contributed by atoms with Crippen LogP contribution in [0.2, 0.25) is 5.02 Å². The molecule has 0 spiro atoms. The molecule has 0 unspecified atom stereocenters. The minimum absolute atomic E-state index is 0.0347. The molecule has 0 aliphatic carbocycles. The van der Waals surface area contributed by atoms with Gasteiger partial charge < -0.3 is 0 Å². The summed E-state index contributed by atoms with van der Waals surface area (Å²) in [6.07, 6.45) is 0. The van der Waals surface area contributed by atoms with Crippen LogP contribution in [0.4, 0.5) is 5.69 Å². The van der Waals surface area contributed by atoms with Crippen LogP contribution in [0.15, 0.2) is 93.5 Å². The lowest BCUT2D eigenvalue weighted by Gasteiger charge is -2.10. The van der Waals surface area contributed by atoms with Gasteiger partial charge in [0.1, 0.15) is 0 Å². The number of anilines is 1. The summed E-state index contributed by atoms with van der Waals surface area (Å²) in [6, 6.07) is 19.3. The summed E-state index contributed by atoms with van der Waals surface area (Å²) in [5.74, 6) is 0. The summed E-state index contributed by atoms with van der Waals surface area (Å²) in [5.41, 5.74) is 0.387. The second-order valence-electron chi connectivity index (χ2n) is 5.40. The van der Waals surface area contributed by atoms with E-state index >= 15 is 0 Å². The van der Waals surface area contributed by atoms with Gasteiger partial charge in [-0.25, -0.2) is 16.8 Å². The first-order valence-electron chi connectivity index (χ1n) is 7.48. The summed E-state index contributed by atoms with van der Waals surface area (Å²) in [4.78, 5) is -0.223. The summed E-state index contributed by atoms with van der Waals surface area (Å²) in [7, 11) is -7.78. The van der Waals surface area contributed by atoms with E-state index in [-0.39, 0.29) is 14.7 Å². The maximum absolute atomic E-state index is 12.7. The van der Waals surface area contributed by atoms with Crippen LogP contribution in [0.3, 0.4) is 0 Å². The van der Waals surface area contributed by atoms with Crippen LogP contribution in [0.25, 0.3) is 0 Å². The fourth-order valence-corrected chi connectivity index (χ4v) is 4.89. The third-order valence-electron chi connectivity index (χ3n) is 3.58. The quantitative estimate of drug-likeness (QED) is 0.693. The molecule has 0 saturated carbocycles. The smallest absolute Gasteiger partial charge is 0.261 e. The van der Waals surface area contributed by atoms with Gasteiger partial charge in [0.15, 0.2) is 0 Å². The van der Waals surface area contributed by atoms with Gasteiger partial charge in [-0.1, -0.05) is 35.9 Å². The van der Waals surface area contributed by atoms with E-state index in [0.717, 1.165) is 6.07 Å². The molecule has 0 bridgehead atoms. The molecule has 0 radical (unpaired) electrons. The van der Waals surface area contributed by atoms with Crippen molar-refractivity contribution < 1.29 is 16.8 Å². The SMILES string of the molecule is O=S(=O)(Nc1ccccc1)c1cccc(S(=O)(=O)c2ccc(Cl)cc2)c1. The summed E-state index contributed by atoms with van der Waals surface area (Å²) in [5, 5.41) is 0.410. The molecule has 26 heavy (non-hydrogen) atoms. The van der Waals surface area contributed by atoms with Crippen molar-refractivity contribution in [3.63, 3.8) is 0 Å². The molecule has 0 heterocycles. The summed E-state index contributed by atoms with van der Waals surface area (Å²) < 4.78 is 52.9. The lowest BCUT2D eigenvalue weighted by atomic mass is 10.3. The molecule has 3 aromatic rings. The topological polar surface area (TPSA) is 80.3 Å². The van der Waals surface area contributed by atoms with Gasteiger partial charge in [-0.2, -0.15) is 0 Å². The molecule has 3 rings (SSSR count). The number of hydrogen-bond acceptors (Lipinski definition) is 4. The molecule has 3 aromatic carbocycles. The van der Waals surface area contributed by atoms with Crippen molar-refractivity contribution in [1.29, 1.82) is 0 Å². The zero-order chi connectivity index (χ0) is 18.8. The number of nitrogens with one attached hydrogen (secondary N) is 1. The van der Waals surface area contributed by atoms with Crippen molar-refractivity contribution in [2.45, 2.75) is 14.7 Å². The van der Waals surface area contributed by atoms with Crippen LogP contribution in [0.1, 0.15) is 0 Å². The molecule has 0 aromatic heterocycles. The molecule has 0 saturated heterocycles. The molecule has 0 aliphatic rings. The molecular formula is C18H14ClNO4S2. The van der Waals surface area contributed by atoms with Crippen molar-refractivity contribution in [3.8, 4) is 0 Å². The number of hydrogen-bond donors (Lipinski definition) is 1. The molecule has 1 N–H and O–H groups in total. The van der Waals surface area contributed by atoms with E-state index in [2.05, 4.69) is 4.72 Å². The van der Waals surface area contributed by atoms with Crippen LogP contribution >= 0.6 is 11.6 Å². The van der Waals surface area contributed by atoms with Crippen molar-refractivity contribution in [1.82, 2.24) is 0 Å². The predicted molar refractivity (Wildman–Crippen MR) is 101 cm³/mol. The average molecular weight is 408 g/mol. The van der Waals surface area contributed by atoms with Gasteiger partial charge in [0.05, 0.1) is 14.7 Å². The molecule has 8 heteroatoms. The molecule has 5 nitrogen and oxygen atoms in total. The average Bonchev–Trinajstić information content (AvgIpc) is 2.63. The van der Waals surface area contributed by atoms with E-state index < -0.39 is 19.9 Å². The van der Waals surface area contributed by atoms with Gasteiger partial charge in [0.25, 0.3) is 10.0 Å². The van der Waals surface area contributed by atoms with Crippen molar-refractivity contribution in [3.05, 3.63) is 83.9 Å². The highest BCUT2D eigenvalue weighted by Gasteiger charge is 2.21. The van der Waals surface area contributed by atoms with Crippen molar-refractivity contribution in [2.24, 2.45) is 0 Å². The molecule has 0 aliphatic heterocycles. The lowest BCUT2D eigenvalue weighted by Crippen LogP contribution is -2.13. The summed E-state index contributed by atoms with van der Waals surface area (Å²) >= 11 is 5.79. The number of rotatable bonds is 5. The standard InChI is InChI=1S/C18H14ClNO4S2/c19-14-9-11-16(12-10-14)25(21,22)17-7-4-8-18(13-17)26(23,24)20-15-5-2-1-3-6-15/h1-13,20H. The van der Waals surface area contributed by atoms with Crippen LogP contribution in [0.5, 0.6) is 0 Å². The third-order valence-corrected chi connectivity index (χ3v) is 6.97. The van der Waals surface area contributed by atoms with E-state index in [4.69, 9.17) is 11.6 Å². The first-order chi connectivity index (χ1) is 12.3. The molecule has 134 valence electrons. The second-order valence-corrected chi connectivity index (χ2v) is 9.47. The minimum Gasteiger partial charge on any atom is -0.280 e. The number of halogens is 1. The van der Waals surface area contributed by atoms with Gasteiger partial charge in [-0.15, -0.1) is 0 Å². The number of para-hydroxylation sites is 1. The Labute approximate surface area is 157 Å². The van der Waals surface area contributed by atoms with Gasteiger partial charge >= 0.3 is 0 Å². The highest BCUT2D eigenvalue weighted by Crippen LogP contribution is 2.25. The van der Waals surface area contributed by atoms with Gasteiger partial charge in [0, 0.05) is 10.7 Å². The van der Waals surface area contributed by atoms with E-state index in [9.17, 15) is 16.8 Å². The van der Waals surface area contributed by atoms with E-state index in [1.54, 1.807) is 30.3 Å². The zero-order valence-corrected chi connectivity index (χ0v) is 15.7. The second kappa shape index (κ2) is 7.11. The Hall–Kier alpha value is -2.35. The Balaban J connectivity index is 1.99. The monoisotopic (exact) mass is 407 g/mol. The maximum atomic E-state index is 12.7. The maximum Gasteiger partial charge on any atom is 0.261 e. The lowest BCUT2D eigenvalue weighted by molar-refractivity contribution is 0.595. The first kappa shape index (κ1) is 18.4. The van der Waals surface area contributed by atoms with Gasteiger partial charge in [0.2, 0.25) is 9.84 Å². The predicted octanol–water partition coefficient (Wildman–Crippen LogP) is 3.97. The minimum atomic E-state index is -3.92. The van der Waals surface area contributed by atoms with E-state index in [1.807, 2.05) is 0 Å². The van der Waals surface area contributed by atoms with Crippen LogP contribution in [0, 0.1) is 0 Å². The van der Waals surface area contributed by atoms with E-state index in [1.165, 1.54) is 42.5 Å². The fourth-order valence-electron chi connectivity index (χ4n) is 2.28. The van der Waals surface area contributed by atoms with Gasteiger partial charge in [-0.05, 0) is 54.6 Å². The Morgan fingerprint density at radius 1 is 0.654 bits per heavy atom. The third kappa shape index (κ3) is 3.90. The molecular weight excluding hydrogens is 394 g/mol. The molecule has 0 fully saturated rings. The van der Waals surface area contributed by atoms with Gasteiger partial charge in [-0.3, -0.25) is 4.72 Å². The summed E-state index contributed by atoms with van der Waals surface area (Å²) in [6.45, 7) is 0. The first-order valence-corrected chi connectivity index (χ1v) is 10.8. The van der Waals surface area contributed by atoms with Crippen LogP contribution in [-0.4, -0.2) is 16.8 Å². The number of sulfonamides is 1. The number of sulfone groups is 1.